The van der Waals surface area contributed by atoms with E-state index in [4.69, 9.17) is 9.47 Å². The highest BCUT2D eigenvalue weighted by atomic mass is 32.2. The summed E-state index contributed by atoms with van der Waals surface area (Å²) in [6.07, 6.45) is 3.00. The Bertz CT molecular complexity index is 1220. The monoisotopic (exact) mass is 498 g/mol. The van der Waals surface area contributed by atoms with Crippen LogP contribution in [-0.4, -0.2) is 54.4 Å². The molecule has 7 nitrogen and oxygen atoms in total. The zero-order valence-corrected chi connectivity index (χ0v) is 20.7. The van der Waals surface area contributed by atoms with Crippen molar-refractivity contribution < 1.29 is 19.1 Å². The second-order valence-electron chi connectivity index (χ2n) is 7.81. The van der Waals surface area contributed by atoms with E-state index in [1.807, 2.05) is 47.3 Å². The van der Waals surface area contributed by atoms with Crippen LogP contribution < -0.4 is 10.3 Å². The fourth-order valence-corrected chi connectivity index (χ4v) is 5.13. The quantitative estimate of drug-likeness (QED) is 0.365. The van der Waals surface area contributed by atoms with Crippen molar-refractivity contribution in [2.24, 2.45) is 0 Å². The summed E-state index contributed by atoms with van der Waals surface area (Å²) in [5.74, 6) is -0.423. The third-order valence-electron chi connectivity index (χ3n) is 5.84. The van der Waals surface area contributed by atoms with Crippen LogP contribution in [0.1, 0.15) is 32.0 Å². The van der Waals surface area contributed by atoms with E-state index >= 15 is 0 Å². The number of benzene rings is 1. The number of rotatable bonds is 7. The van der Waals surface area contributed by atoms with E-state index in [9.17, 15) is 14.4 Å². The summed E-state index contributed by atoms with van der Waals surface area (Å²) < 4.78 is 12.5. The van der Waals surface area contributed by atoms with E-state index in [2.05, 4.69) is 0 Å². The maximum absolute atomic E-state index is 13.1. The minimum atomic E-state index is -0.554. The predicted molar refractivity (Wildman–Crippen MR) is 133 cm³/mol. The zero-order chi connectivity index (χ0) is 24.1. The molecule has 3 aromatic rings. The standard InChI is InChI=1S/C25H26N2O5S2/c1-31-25(30)23-20-7-10-26(24(29)18-3-5-19(33-2)6-4-18)11-12-27(20)22(28)15-21(23)32-13-8-17-9-14-34-16-17/h3-6,9,14-16H,7-8,10-13H2,1-2H3. The molecule has 1 aromatic carbocycles. The van der Waals surface area contributed by atoms with Gasteiger partial charge in [0.2, 0.25) is 0 Å². The van der Waals surface area contributed by atoms with Gasteiger partial charge >= 0.3 is 5.97 Å². The van der Waals surface area contributed by atoms with Gasteiger partial charge in [0.15, 0.2) is 0 Å². The Hall–Kier alpha value is -3.04. The van der Waals surface area contributed by atoms with Crippen molar-refractivity contribution in [2.75, 3.05) is 33.1 Å². The van der Waals surface area contributed by atoms with Gasteiger partial charge in [0.25, 0.3) is 11.5 Å². The highest BCUT2D eigenvalue weighted by molar-refractivity contribution is 7.98. The highest BCUT2D eigenvalue weighted by Crippen LogP contribution is 2.25. The maximum atomic E-state index is 13.1. The number of methoxy groups -OCH3 is 1. The zero-order valence-electron chi connectivity index (χ0n) is 19.1. The first-order valence-electron chi connectivity index (χ1n) is 10.9. The van der Waals surface area contributed by atoms with Crippen LogP contribution in [0.4, 0.5) is 0 Å². The lowest BCUT2D eigenvalue weighted by molar-refractivity contribution is 0.0593. The Morgan fingerprint density at radius 3 is 2.59 bits per heavy atom. The summed E-state index contributed by atoms with van der Waals surface area (Å²) >= 11 is 3.22. The molecule has 1 aliphatic rings. The molecule has 3 heterocycles. The number of esters is 1. The number of thiophene rings is 1. The maximum Gasteiger partial charge on any atom is 0.343 e. The van der Waals surface area contributed by atoms with Gasteiger partial charge in [-0.25, -0.2) is 4.79 Å². The Labute approximate surface area is 206 Å². The summed E-state index contributed by atoms with van der Waals surface area (Å²) in [6.45, 7) is 1.38. The largest absolute Gasteiger partial charge is 0.492 e. The van der Waals surface area contributed by atoms with Crippen molar-refractivity contribution in [2.45, 2.75) is 24.3 Å². The van der Waals surface area contributed by atoms with Crippen LogP contribution in [0.15, 0.2) is 56.8 Å². The van der Waals surface area contributed by atoms with Crippen molar-refractivity contribution in [1.29, 1.82) is 0 Å². The number of thioether (sulfide) groups is 1. The number of pyridine rings is 1. The van der Waals surface area contributed by atoms with Gasteiger partial charge in [-0.05, 0) is 52.9 Å². The Morgan fingerprint density at radius 2 is 1.91 bits per heavy atom. The Balaban J connectivity index is 1.58. The number of amides is 1. The smallest absolute Gasteiger partial charge is 0.343 e. The molecule has 1 amide bonds. The van der Waals surface area contributed by atoms with E-state index in [1.165, 1.54) is 13.2 Å². The molecule has 0 N–H and O–H groups in total. The molecule has 0 spiro atoms. The lowest BCUT2D eigenvalue weighted by Gasteiger charge is -2.20. The summed E-state index contributed by atoms with van der Waals surface area (Å²) in [5, 5.41) is 4.03. The van der Waals surface area contributed by atoms with Crippen molar-refractivity contribution >= 4 is 35.0 Å². The first-order chi connectivity index (χ1) is 16.5. The summed E-state index contributed by atoms with van der Waals surface area (Å²) in [4.78, 5) is 41.6. The van der Waals surface area contributed by atoms with Crippen LogP contribution in [0.3, 0.4) is 0 Å². The minimum Gasteiger partial charge on any atom is -0.492 e. The fraction of sp³-hybridized carbons (Fsp3) is 0.320. The number of nitrogens with zero attached hydrogens (tertiary/aromatic N) is 2. The van der Waals surface area contributed by atoms with Crippen molar-refractivity contribution in [3.05, 3.63) is 79.9 Å². The van der Waals surface area contributed by atoms with E-state index in [-0.39, 0.29) is 22.8 Å². The number of carbonyl (C=O) groups is 2. The van der Waals surface area contributed by atoms with Crippen LogP contribution in [0, 0.1) is 0 Å². The SMILES string of the molecule is COC(=O)c1c(OCCc2ccsc2)cc(=O)n2c1CCN(C(=O)c1ccc(SC)cc1)CC2. The second kappa shape index (κ2) is 10.9. The van der Waals surface area contributed by atoms with E-state index in [0.29, 0.717) is 50.3 Å². The minimum absolute atomic E-state index is 0.0969. The van der Waals surface area contributed by atoms with Gasteiger partial charge in [0, 0.05) is 54.7 Å². The Morgan fingerprint density at radius 1 is 1.12 bits per heavy atom. The number of hydrogen-bond acceptors (Lipinski definition) is 7. The predicted octanol–water partition coefficient (Wildman–Crippen LogP) is 3.74. The van der Waals surface area contributed by atoms with Gasteiger partial charge in [-0.1, -0.05) is 0 Å². The third-order valence-corrected chi connectivity index (χ3v) is 7.31. The first-order valence-corrected chi connectivity index (χ1v) is 13.1. The lowest BCUT2D eigenvalue weighted by atomic mass is 10.1. The molecular weight excluding hydrogens is 472 g/mol. The van der Waals surface area contributed by atoms with Crippen LogP contribution >= 0.6 is 23.1 Å². The summed E-state index contributed by atoms with van der Waals surface area (Å²) in [5.41, 5.74) is 2.27. The topological polar surface area (TPSA) is 77.8 Å². The molecule has 2 aromatic heterocycles. The van der Waals surface area contributed by atoms with E-state index < -0.39 is 5.97 Å². The van der Waals surface area contributed by atoms with Crippen LogP contribution in [-0.2, 0) is 24.1 Å². The number of fused-ring (bicyclic) bond motifs is 1. The van der Waals surface area contributed by atoms with Crippen molar-refractivity contribution in [3.63, 3.8) is 0 Å². The van der Waals surface area contributed by atoms with Gasteiger partial charge in [-0.3, -0.25) is 9.59 Å². The van der Waals surface area contributed by atoms with Crippen molar-refractivity contribution in [1.82, 2.24) is 9.47 Å². The molecule has 0 fully saturated rings. The number of hydrogen-bond donors (Lipinski definition) is 0. The van der Waals surface area contributed by atoms with Crippen LogP contribution in [0.2, 0.25) is 0 Å². The normalized spacial score (nSPS) is 13.2. The van der Waals surface area contributed by atoms with Crippen molar-refractivity contribution in [3.8, 4) is 5.75 Å². The first kappa shape index (κ1) is 24.1. The van der Waals surface area contributed by atoms with Gasteiger partial charge in [-0.15, -0.1) is 11.8 Å². The van der Waals surface area contributed by atoms with Gasteiger partial charge in [0.05, 0.1) is 13.7 Å². The molecule has 1 aliphatic heterocycles. The van der Waals surface area contributed by atoms with Crippen LogP contribution in [0.5, 0.6) is 5.75 Å². The molecule has 0 unspecified atom stereocenters. The highest BCUT2D eigenvalue weighted by Gasteiger charge is 2.27. The molecule has 4 rings (SSSR count). The van der Waals surface area contributed by atoms with E-state index in [0.717, 1.165) is 10.5 Å². The number of carbonyl (C=O) groups excluding carboxylic acids is 2. The molecule has 178 valence electrons. The average molecular weight is 499 g/mol. The summed E-state index contributed by atoms with van der Waals surface area (Å²) in [6, 6.07) is 10.8. The molecule has 0 saturated heterocycles. The van der Waals surface area contributed by atoms with Crippen LogP contribution in [0.25, 0.3) is 0 Å². The molecule has 0 aliphatic carbocycles. The molecule has 0 saturated carbocycles. The van der Waals surface area contributed by atoms with Gasteiger partial charge < -0.3 is 18.9 Å². The van der Waals surface area contributed by atoms with Gasteiger partial charge in [0.1, 0.15) is 11.3 Å². The molecular formula is C25H26N2O5S2. The summed E-state index contributed by atoms with van der Waals surface area (Å²) in [7, 11) is 1.31. The molecule has 9 heteroatoms. The lowest BCUT2D eigenvalue weighted by Crippen LogP contribution is -2.34. The average Bonchev–Trinajstić information content (AvgIpc) is 3.28. The van der Waals surface area contributed by atoms with E-state index in [1.54, 1.807) is 32.6 Å². The molecule has 0 bridgehead atoms. The third kappa shape index (κ3) is 5.20. The number of aromatic nitrogens is 1. The second-order valence-corrected chi connectivity index (χ2v) is 9.47. The fourth-order valence-electron chi connectivity index (χ4n) is 4.02. The van der Waals surface area contributed by atoms with Gasteiger partial charge in [-0.2, -0.15) is 11.3 Å². The molecule has 34 heavy (non-hydrogen) atoms. The molecule has 0 radical (unpaired) electrons. The Kier molecular flexibility index (Phi) is 7.74. The molecule has 0 atom stereocenters. The number of ether oxygens (including phenoxy) is 2.